The minimum Gasteiger partial charge on any atom is -0.471 e. The average Bonchev–Trinajstić information content (AvgIpc) is 3.11. The van der Waals surface area contributed by atoms with Crippen molar-refractivity contribution in [3.63, 3.8) is 0 Å². The molecule has 0 spiro atoms. The van der Waals surface area contributed by atoms with E-state index in [4.69, 9.17) is 8.84 Å². The highest BCUT2D eigenvalue weighted by molar-refractivity contribution is 6.91. The van der Waals surface area contributed by atoms with Gasteiger partial charge in [0.1, 0.15) is 19.6 Å². The van der Waals surface area contributed by atoms with Crippen molar-refractivity contribution in [3.8, 4) is 0 Å². The van der Waals surface area contributed by atoms with E-state index in [0.29, 0.717) is 47.8 Å². The minimum atomic E-state index is -1.91. The number of Topliss-reactive ketones (excluding diaryl/α,β-unsaturated/α-hetero) is 1. The molecule has 0 aliphatic heterocycles. The average molecular weight is 547 g/mol. The van der Waals surface area contributed by atoms with E-state index in [0.717, 1.165) is 12.2 Å². The zero-order valence-electron chi connectivity index (χ0n) is 26.7. The minimum absolute atomic E-state index is 0.00689. The van der Waals surface area contributed by atoms with E-state index in [-0.39, 0.29) is 16.9 Å². The molecule has 0 radical (unpaired) electrons. The number of aryl methyl sites for hydroxylation is 1. The molecule has 0 saturated heterocycles. The molecule has 0 N–H and O–H groups in total. The molecule has 0 bridgehead atoms. The van der Waals surface area contributed by atoms with Crippen molar-refractivity contribution in [1.82, 2.24) is 0 Å². The Labute approximate surface area is 231 Å². The topological polar surface area (TPSA) is 39.4 Å². The number of hydrogen-bond acceptors (Lipinski definition) is 3. The van der Waals surface area contributed by atoms with Crippen molar-refractivity contribution in [2.45, 2.75) is 137 Å². The predicted octanol–water partition coefficient (Wildman–Crippen LogP) is 9.22. The number of rotatable bonds is 10. The Balaban J connectivity index is 2.31. The van der Waals surface area contributed by atoms with Gasteiger partial charge in [-0.25, -0.2) is 0 Å². The van der Waals surface area contributed by atoms with Crippen molar-refractivity contribution in [2.24, 2.45) is 17.8 Å². The molecule has 5 heteroatoms. The van der Waals surface area contributed by atoms with Crippen LogP contribution in [0.3, 0.4) is 0 Å². The van der Waals surface area contributed by atoms with Crippen LogP contribution in [-0.4, -0.2) is 28.8 Å². The maximum absolute atomic E-state index is 13.4. The highest BCUT2D eigenvalue weighted by atomic mass is 28.4. The van der Waals surface area contributed by atoms with Crippen molar-refractivity contribution < 1.29 is 13.6 Å². The fourth-order valence-corrected chi connectivity index (χ4v) is 14.5. The summed E-state index contributed by atoms with van der Waals surface area (Å²) in [5.74, 6) is 2.07. The van der Waals surface area contributed by atoms with Crippen LogP contribution in [0.4, 0.5) is 0 Å². The zero-order chi connectivity index (χ0) is 28.5. The first-order valence-electron chi connectivity index (χ1n) is 14.8. The Bertz CT molecular complexity index is 924. The summed E-state index contributed by atoms with van der Waals surface area (Å²) in [5.41, 5.74) is 4.29. The lowest BCUT2D eigenvalue weighted by Crippen LogP contribution is -2.49. The van der Waals surface area contributed by atoms with Gasteiger partial charge < -0.3 is 8.84 Å². The van der Waals surface area contributed by atoms with Gasteiger partial charge in [0, 0.05) is 18.8 Å². The van der Waals surface area contributed by atoms with Crippen molar-refractivity contribution in [2.75, 3.05) is 6.61 Å². The van der Waals surface area contributed by atoms with Crippen LogP contribution < -0.4 is 5.38 Å². The molecule has 0 unspecified atom stereocenters. The number of hydrogen-bond donors (Lipinski definition) is 0. The van der Waals surface area contributed by atoms with Gasteiger partial charge in [0.15, 0.2) is 0 Å². The highest BCUT2D eigenvalue weighted by Gasteiger charge is 2.45. The standard InChI is InChI=1S/C32H58O3Si2/c1-21(2)37(22(3)4,23(5)6)34-16-15-25(8)28-17-24(7)18-30(33)29(28)20-27-19-26(9)31(35-27)36(13,14)32(10,11)12/h15,19,21-24,28-29H,16-18,20H2,1-14H3/b25-15+/t24-,28+,29+/m1/s1. The summed E-state index contributed by atoms with van der Waals surface area (Å²) in [6, 6.07) is 2.22. The van der Waals surface area contributed by atoms with Crippen LogP contribution in [0.15, 0.2) is 22.1 Å². The van der Waals surface area contributed by atoms with Crippen molar-refractivity contribution >= 4 is 27.6 Å². The second kappa shape index (κ2) is 12.1. The number of carbonyl (C=O) groups excluding carboxylic acids is 1. The number of carbonyl (C=O) groups is 1. The van der Waals surface area contributed by atoms with Crippen LogP contribution in [0, 0.1) is 24.7 Å². The molecule has 1 fully saturated rings. The van der Waals surface area contributed by atoms with E-state index >= 15 is 0 Å². The van der Waals surface area contributed by atoms with Gasteiger partial charge >= 0.3 is 0 Å². The first-order chi connectivity index (χ1) is 16.9. The third-order valence-corrected chi connectivity index (χ3v) is 21.4. The van der Waals surface area contributed by atoms with E-state index in [1.165, 1.54) is 16.5 Å². The van der Waals surface area contributed by atoms with E-state index in [9.17, 15) is 4.79 Å². The predicted molar refractivity (Wildman–Crippen MR) is 165 cm³/mol. The van der Waals surface area contributed by atoms with E-state index in [1.54, 1.807) is 0 Å². The molecule has 1 aromatic rings. The molecular weight excluding hydrogens is 489 g/mol. The lowest BCUT2D eigenvalue weighted by Gasteiger charge is -2.42. The summed E-state index contributed by atoms with van der Waals surface area (Å²) in [7, 11) is -3.69. The quantitative estimate of drug-likeness (QED) is 0.217. The Morgan fingerprint density at radius 1 is 1.11 bits per heavy atom. The van der Waals surface area contributed by atoms with Crippen LogP contribution in [-0.2, 0) is 15.6 Å². The second-order valence-electron chi connectivity index (χ2n) is 14.6. The maximum Gasteiger partial charge on any atom is 0.200 e. The van der Waals surface area contributed by atoms with Gasteiger partial charge in [-0.05, 0) is 65.4 Å². The molecule has 0 amide bonds. The van der Waals surface area contributed by atoms with Gasteiger partial charge in [-0.2, -0.15) is 0 Å². The fourth-order valence-electron chi connectivity index (χ4n) is 6.95. The SMILES string of the molecule is C/C(=C\CO[Si](C(C)C)(C(C)C)C(C)C)[C@@H]1C[C@@H](C)CC(=O)[C@H]1Cc1cc(C)c([Si](C)(C)C(C)(C)C)o1. The Hall–Kier alpha value is -0.916. The Morgan fingerprint density at radius 3 is 2.14 bits per heavy atom. The van der Waals surface area contributed by atoms with E-state index in [2.05, 4.69) is 108 Å². The van der Waals surface area contributed by atoms with Crippen LogP contribution in [0.5, 0.6) is 0 Å². The first-order valence-corrected chi connectivity index (χ1v) is 19.9. The van der Waals surface area contributed by atoms with Crippen molar-refractivity contribution in [1.29, 1.82) is 0 Å². The highest BCUT2D eigenvalue weighted by Crippen LogP contribution is 2.43. The third kappa shape index (κ3) is 6.81. The summed E-state index contributed by atoms with van der Waals surface area (Å²) in [6.07, 6.45) is 4.76. The van der Waals surface area contributed by atoms with E-state index in [1.807, 2.05) is 0 Å². The molecule has 1 heterocycles. The molecule has 1 aromatic heterocycles. The van der Waals surface area contributed by atoms with Gasteiger partial charge in [0.05, 0.1) is 12.0 Å². The van der Waals surface area contributed by atoms with Crippen LogP contribution in [0.25, 0.3) is 0 Å². The molecule has 3 nitrogen and oxygen atoms in total. The van der Waals surface area contributed by atoms with Gasteiger partial charge in [0.2, 0.25) is 8.32 Å². The summed E-state index contributed by atoms with van der Waals surface area (Å²) in [4.78, 5) is 13.4. The maximum atomic E-state index is 13.4. The summed E-state index contributed by atoms with van der Waals surface area (Å²) in [6.45, 7) is 33.1. The molecule has 0 aromatic carbocycles. The summed E-state index contributed by atoms with van der Waals surface area (Å²) < 4.78 is 13.4. The zero-order valence-corrected chi connectivity index (χ0v) is 28.7. The molecular formula is C32H58O3Si2. The monoisotopic (exact) mass is 546 g/mol. The largest absolute Gasteiger partial charge is 0.471 e. The summed E-state index contributed by atoms with van der Waals surface area (Å²) in [5, 5.41) is 1.41. The molecule has 37 heavy (non-hydrogen) atoms. The number of furan rings is 1. The third-order valence-electron chi connectivity index (χ3n) is 9.97. The normalized spacial score (nSPS) is 22.6. The van der Waals surface area contributed by atoms with Gasteiger partial charge in [0.25, 0.3) is 0 Å². The molecule has 3 atom stereocenters. The van der Waals surface area contributed by atoms with E-state index < -0.39 is 16.4 Å². The van der Waals surface area contributed by atoms with Gasteiger partial charge in [-0.1, -0.05) is 94.0 Å². The first kappa shape index (κ1) is 32.3. The molecule has 1 aliphatic carbocycles. The molecule has 2 rings (SSSR count). The molecule has 1 saturated carbocycles. The van der Waals surface area contributed by atoms with Crippen LogP contribution in [0.2, 0.25) is 34.8 Å². The summed E-state index contributed by atoms with van der Waals surface area (Å²) >= 11 is 0. The Kier molecular flexibility index (Phi) is 10.5. The smallest absolute Gasteiger partial charge is 0.200 e. The van der Waals surface area contributed by atoms with Crippen LogP contribution >= 0.6 is 0 Å². The van der Waals surface area contributed by atoms with Crippen molar-refractivity contribution in [3.05, 3.63) is 29.0 Å². The molecule has 212 valence electrons. The number of ketones is 1. The second-order valence-corrected chi connectivity index (χ2v) is 25.3. The fraction of sp³-hybridized carbons (Fsp3) is 0.781. The molecule has 1 aliphatic rings. The number of allylic oxidation sites excluding steroid dienone is 1. The van der Waals surface area contributed by atoms with Gasteiger partial charge in [-0.3, -0.25) is 4.79 Å². The Morgan fingerprint density at radius 2 is 1.65 bits per heavy atom. The van der Waals surface area contributed by atoms with Crippen LogP contribution in [0.1, 0.15) is 100 Å². The van der Waals surface area contributed by atoms with Gasteiger partial charge in [-0.15, -0.1) is 0 Å². The lowest BCUT2D eigenvalue weighted by atomic mass is 9.69. The lowest BCUT2D eigenvalue weighted by molar-refractivity contribution is -0.127.